The number of aromatic carboxylic acids is 1. The van der Waals surface area contributed by atoms with Crippen LogP contribution in [0.2, 0.25) is 0 Å². The monoisotopic (exact) mass is 359 g/mol. The van der Waals surface area contributed by atoms with Gasteiger partial charge in [0.25, 0.3) is 5.91 Å². The molecule has 1 aliphatic rings. The highest BCUT2D eigenvalue weighted by Gasteiger charge is 2.36. The number of ether oxygens (including phenoxy) is 1. The Bertz CT molecular complexity index is 722. The summed E-state index contributed by atoms with van der Waals surface area (Å²) in [6, 6.07) is 0.744. The fourth-order valence-corrected chi connectivity index (χ4v) is 4.51. The second-order valence-corrected chi connectivity index (χ2v) is 7.88. The summed E-state index contributed by atoms with van der Waals surface area (Å²) in [6.07, 6.45) is 0.690. The van der Waals surface area contributed by atoms with E-state index in [1.165, 1.54) is 18.1 Å². The maximum Gasteiger partial charge on any atom is 0.339 e. The zero-order chi connectivity index (χ0) is 17.9. The van der Waals surface area contributed by atoms with Crippen molar-refractivity contribution in [1.82, 2.24) is 4.90 Å². The number of carboxylic acid groups (broad SMARTS) is 1. The Morgan fingerprint density at radius 3 is 2.62 bits per heavy atom. The predicted octanol–water partition coefficient (Wildman–Crippen LogP) is 0.816. The first kappa shape index (κ1) is 18.5. The van der Waals surface area contributed by atoms with Crippen molar-refractivity contribution in [3.8, 4) is 0 Å². The van der Waals surface area contributed by atoms with Gasteiger partial charge < -0.3 is 19.2 Å². The van der Waals surface area contributed by atoms with Crippen molar-refractivity contribution in [3.63, 3.8) is 0 Å². The second-order valence-electron chi connectivity index (χ2n) is 5.65. The molecule has 1 aromatic heterocycles. The lowest BCUT2D eigenvalue weighted by Crippen LogP contribution is -2.43. The molecular weight excluding hydrogens is 338 g/mol. The van der Waals surface area contributed by atoms with Crippen molar-refractivity contribution in [2.45, 2.75) is 25.8 Å². The second kappa shape index (κ2) is 7.35. The molecule has 134 valence electrons. The van der Waals surface area contributed by atoms with E-state index in [2.05, 4.69) is 0 Å². The molecule has 1 unspecified atom stereocenters. The average molecular weight is 359 g/mol. The van der Waals surface area contributed by atoms with Gasteiger partial charge in [-0.1, -0.05) is 6.92 Å². The number of methoxy groups -OCH3 is 1. The Morgan fingerprint density at radius 2 is 2.17 bits per heavy atom. The van der Waals surface area contributed by atoms with Gasteiger partial charge in [0.2, 0.25) is 0 Å². The Kier molecular flexibility index (Phi) is 5.66. The highest BCUT2D eigenvalue weighted by Crippen LogP contribution is 2.23. The van der Waals surface area contributed by atoms with Crippen LogP contribution >= 0.6 is 0 Å². The minimum Gasteiger partial charge on any atom is -0.478 e. The van der Waals surface area contributed by atoms with E-state index in [-0.39, 0.29) is 41.7 Å². The number of carbonyl (C=O) groups excluding carboxylic acids is 1. The van der Waals surface area contributed by atoms with E-state index in [0.717, 1.165) is 0 Å². The molecule has 1 atom stereocenters. The lowest BCUT2D eigenvalue weighted by atomic mass is 10.2. The van der Waals surface area contributed by atoms with Crippen LogP contribution < -0.4 is 0 Å². The number of rotatable bonds is 7. The van der Waals surface area contributed by atoms with Crippen molar-refractivity contribution < 1.29 is 32.3 Å². The van der Waals surface area contributed by atoms with Gasteiger partial charge in [0.15, 0.2) is 15.6 Å². The summed E-state index contributed by atoms with van der Waals surface area (Å²) >= 11 is 0. The van der Waals surface area contributed by atoms with Gasteiger partial charge in [0.1, 0.15) is 11.3 Å². The van der Waals surface area contributed by atoms with Crippen LogP contribution in [0.4, 0.5) is 0 Å². The molecule has 0 radical (unpaired) electrons. The molecule has 0 aromatic carbocycles. The van der Waals surface area contributed by atoms with Gasteiger partial charge in [-0.3, -0.25) is 4.79 Å². The minimum atomic E-state index is -3.16. The Hall–Kier alpha value is -1.87. The van der Waals surface area contributed by atoms with E-state index >= 15 is 0 Å². The zero-order valence-corrected chi connectivity index (χ0v) is 14.5. The number of hydrogen-bond acceptors (Lipinski definition) is 6. The van der Waals surface area contributed by atoms with Crippen LogP contribution in [0.1, 0.15) is 40.0 Å². The maximum atomic E-state index is 12.7. The fourth-order valence-electron chi connectivity index (χ4n) is 2.78. The summed E-state index contributed by atoms with van der Waals surface area (Å²) in [4.78, 5) is 25.4. The molecule has 1 aliphatic heterocycles. The number of aryl methyl sites for hydroxylation is 1. The normalized spacial score (nSPS) is 19.3. The maximum absolute atomic E-state index is 12.7. The van der Waals surface area contributed by atoms with Crippen LogP contribution in [0.25, 0.3) is 0 Å². The van der Waals surface area contributed by atoms with Crippen LogP contribution in [0.5, 0.6) is 0 Å². The molecule has 1 amide bonds. The summed E-state index contributed by atoms with van der Waals surface area (Å²) in [7, 11) is -1.68. The summed E-state index contributed by atoms with van der Waals surface area (Å²) in [5.74, 6) is -1.62. The zero-order valence-electron chi connectivity index (χ0n) is 13.6. The van der Waals surface area contributed by atoms with Gasteiger partial charge >= 0.3 is 5.97 Å². The van der Waals surface area contributed by atoms with E-state index < -0.39 is 27.8 Å². The summed E-state index contributed by atoms with van der Waals surface area (Å²) in [6.45, 7) is 2.18. The van der Waals surface area contributed by atoms with Crippen molar-refractivity contribution in [1.29, 1.82) is 0 Å². The van der Waals surface area contributed by atoms with E-state index in [4.69, 9.17) is 14.3 Å². The third-order valence-electron chi connectivity index (χ3n) is 4.02. The van der Waals surface area contributed by atoms with Gasteiger partial charge in [-0.25, -0.2) is 13.2 Å². The number of carboxylic acids is 1. The van der Waals surface area contributed by atoms with Gasteiger partial charge in [-0.15, -0.1) is 0 Å². The van der Waals surface area contributed by atoms with Crippen molar-refractivity contribution in [3.05, 3.63) is 23.2 Å². The van der Waals surface area contributed by atoms with E-state index in [1.54, 1.807) is 6.92 Å². The smallest absolute Gasteiger partial charge is 0.339 e. The van der Waals surface area contributed by atoms with Crippen molar-refractivity contribution in [2.24, 2.45) is 0 Å². The van der Waals surface area contributed by atoms with E-state index in [1.807, 2.05) is 0 Å². The standard InChI is InChI=1S/C15H21NO7S/c1-3-12-11(15(18)19)8-13(23-12)14(17)16(5-6-22-2)10-4-7-24(20,21)9-10/h8,10H,3-7,9H2,1-2H3,(H,18,19). The lowest BCUT2D eigenvalue weighted by Gasteiger charge is -2.27. The molecule has 1 fully saturated rings. The molecule has 2 heterocycles. The van der Waals surface area contributed by atoms with Crippen LogP contribution in [-0.4, -0.2) is 68.1 Å². The largest absolute Gasteiger partial charge is 0.478 e. The molecule has 9 heteroatoms. The summed E-state index contributed by atoms with van der Waals surface area (Å²) < 4.78 is 33.8. The molecule has 2 rings (SSSR count). The number of nitrogens with zero attached hydrogens (tertiary/aromatic N) is 1. The summed E-state index contributed by atoms with van der Waals surface area (Å²) in [5, 5.41) is 9.17. The van der Waals surface area contributed by atoms with Gasteiger partial charge in [0, 0.05) is 32.2 Å². The van der Waals surface area contributed by atoms with E-state index in [0.29, 0.717) is 12.8 Å². The van der Waals surface area contributed by atoms with Crippen LogP contribution in [0, 0.1) is 0 Å². The first-order valence-corrected chi connectivity index (χ1v) is 9.47. The lowest BCUT2D eigenvalue weighted by molar-refractivity contribution is 0.0591. The number of hydrogen-bond donors (Lipinski definition) is 1. The van der Waals surface area contributed by atoms with Gasteiger partial charge in [-0.2, -0.15) is 0 Å². The third kappa shape index (κ3) is 3.96. The topological polar surface area (TPSA) is 114 Å². The molecule has 0 spiro atoms. The molecule has 0 bridgehead atoms. The van der Waals surface area contributed by atoms with Crippen LogP contribution in [-0.2, 0) is 21.0 Å². The fraction of sp³-hybridized carbons (Fsp3) is 0.600. The Morgan fingerprint density at radius 1 is 1.46 bits per heavy atom. The SMILES string of the molecule is CCc1oc(C(=O)N(CCOC)C2CCS(=O)(=O)C2)cc1C(=O)O. The molecule has 24 heavy (non-hydrogen) atoms. The Balaban J connectivity index is 2.29. The first-order valence-electron chi connectivity index (χ1n) is 7.65. The van der Waals surface area contributed by atoms with E-state index in [9.17, 15) is 18.0 Å². The van der Waals surface area contributed by atoms with Gasteiger partial charge in [-0.05, 0) is 6.42 Å². The number of sulfone groups is 1. The molecule has 8 nitrogen and oxygen atoms in total. The number of amides is 1. The van der Waals surface area contributed by atoms with Crippen LogP contribution in [0.3, 0.4) is 0 Å². The third-order valence-corrected chi connectivity index (χ3v) is 5.77. The highest BCUT2D eigenvalue weighted by atomic mass is 32.2. The van der Waals surface area contributed by atoms with Gasteiger partial charge in [0.05, 0.1) is 18.1 Å². The number of carbonyl (C=O) groups is 2. The first-order chi connectivity index (χ1) is 11.3. The highest BCUT2D eigenvalue weighted by molar-refractivity contribution is 7.91. The van der Waals surface area contributed by atoms with Crippen LogP contribution in [0.15, 0.2) is 10.5 Å². The van der Waals surface area contributed by atoms with Crippen molar-refractivity contribution >= 4 is 21.7 Å². The average Bonchev–Trinajstić information content (AvgIpc) is 3.11. The predicted molar refractivity (Wildman–Crippen MR) is 85.0 cm³/mol. The summed E-state index contributed by atoms with van der Waals surface area (Å²) in [5.41, 5.74) is -0.0495. The van der Waals surface area contributed by atoms with Crippen molar-refractivity contribution in [2.75, 3.05) is 31.8 Å². The molecule has 0 aliphatic carbocycles. The quantitative estimate of drug-likeness (QED) is 0.766. The molecule has 1 N–H and O–H groups in total. The molecule has 0 saturated carbocycles. The molecule has 1 aromatic rings. The Labute approximate surface area is 140 Å². The minimum absolute atomic E-state index is 0.0349. The number of furan rings is 1. The molecular formula is C15H21NO7S. The molecule has 1 saturated heterocycles.